The van der Waals surface area contributed by atoms with Gasteiger partial charge in [-0.05, 0) is 20.3 Å². The number of carbonyl (C=O) groups is 1. The first kappa shape index (κ1) is 17.7. The predicted molar refractivity (Wildman–Crippen MR) is 74.2 cm³/mol. The van der Waals surface area contributed by atoms with E-state index in [1.165, 1.54) is 10.6 Å². The van der Waals surface area contributed by atoms with E-state index in [1.54, 1.807) is 20.8 Å². The molecule has 0 rings (SSSR count). The van der Waals surface area contributed by atoms with Gasteiger partial charge in [0, 0.05) is 25.5 Å². The lowest BCUT2D eigenvalue weighted by molar-refractivity contribution is -0.128. The molecule has 18 heavy (non-hydrogen) atoms. The van der Waals surface area contributed by atoms with Crippen LogP contribution in [-0.2, 0) is 14.8 Å². The normalized spacial score (nSPS) is 12.8. The van der Waals surface area contributed by atoms with Gasteiger partial charge < -0.3 is 5.32 Å². The molecule has 0 aliphatic rings. The molecule has 0 aromatic rings. The summed E-state index contributed by atoms with van der Waals surface area (Å²) in [5.41, 5.74) is -0.594. The van der Waals surface area contributed by atoms with Gasteiger partial charge in [-0.25, -0.2) is 12.7 Å². The van der Waals surface area contributed by atoms with E-state index in [0.717, 1.165) is 0 Å². The molecule has 0 aromatic carbocycles. The highest BCUT2D eigenvalue weighted by Gasteiger charge is 2.25. The molecule has 1 amide bonds. The Morgan fingerprint density at radius 3 is 2.33 bits per heavy atom. The van der Waals surface area contributed by atoms with E-state index < -0.39 is 15.4 Å². The maximum atomic E-state index is 11.7. The van der Waals surface area contributed by atoms with Gasteiger partial charge in [-0.1, -0.05) is 6.92 Å². The van der Waals surface area contributed by atoms with Crippen molar-refractivity contribution in [3.05, 3.63) is 0 Å². The molecular formula is C11H23ClN2O3S. The first-order valence-electron chi connectivity index (χ1n) is 5.94. The van der Waals surface area contributed by atoms with Crippen LogP contribution in [-0.4, -0.2) is 50.4 Å². The highest BCUT2D eigenvalue weighted by Crippen LogP contribution is 2.16. The average Bonchev–Trinajstić information content (AvgIpc) is 2.26. The van der Waals surface area contributed by atoms with Crippen molar-refractivity contribution in [2.75, 3.05) is 31.8 Å². The summed E-state index contributed by atoms with van der Waals surface area (Å²) in [4.78, 5) is 11.7. The Labute approximate surface area is 115 Å². The number of carbonyl (C=O) groups excluding carboxylic acids is 1. The molecule has 0 atom stereocenters. The monoisotopic (exact) mass is 298 g/mol. The third-order valence-corrected chi connectivity index (χ3v) is 4.69. The van der Waals surface area contributed by atoms with Gasteiger partial charge >= 0.3 is 0 Å². The van der Waals surface area contributed by atoms with Crippen molar-refractivity contribution in [2.24, 2.45) is 5.41 Å². The first-order valence-corrected chi connectivity index (χ1v) is 8.33. The van der Waals surface area contributed by atoms with Gasteiger partial charge in [0.1, 0.15) is 0 Å². The van der Waals surface area contributed by atoms with Gasteiger partial charge in [-0.15, -0.1) is 11.6 Å². The Bertz CT molecular complexity index is 368. The molecule has 1 N–H and O–H groups in total. The Morgan fingerprint density at radius 2 is 1.94 bits per heavy atom. The molecule has 0 aliphatic heterocycles. The fraction of sp³-hybridized carbons (Fsp3) is 0.909. The Hall–Kier alpha value is -0.330. The van der Waals surface area contributed by atoms with E-state index in [4.69, 9.17) is 11.6 Å². The number of halogens is 1. The van der Waals surface area contributed by atoms with E-state index in [1.807, 2.05) is 0 Å². The summed E-state index contributed by atoms with van der Waals surface area (Å²) in [5.74, 6) is 0.142. The molecule has 0 unspecified atom stereocenters. The van der Waals surface area contributed by atoms with Crippen LogP contribution < -0.4 is 5.32 Å². The Balaban J connectivity index is 4.05. The van der Waals surface area contributed by atoms with Crippen LogP contribution in [0.5, 0.6) is 0 Å². The second-order valence-electron chi connectivity index (χ2n) is 4.88. The largest absolute Gasteiger partial charge is 0.356 e. The smallest absolute Gasteiger partial charge is 0.226 e. The zero-order chi connectivity index (χ0) is 14.4. The number of alkyl halides is 1. The minimum Gasteiger partial charge on any atom is -0.356 e. The van der Waals surface area contributed by atoms with Crippen LogP contribution in [0, 0.1) is 5.41 Å². The van der Waals surface area contributed by atoms with Crippen molar-refractivity contribution < 1.29 is 13.2 Å². The lowest BCUT2D eigenvalue weighted by atomic mass is 9.95. The third-order valence-electron chi connectivity index (χ3n) is 2.64. The maximum absolute atomic E-state index is 11.7. The molecule has 0 heterocycles. The van der Waals surface area contributed by atoms with Crippen LogP contribution in [0.15, 0.2) is 0 Å². The van der Waals surface area contributed by atoms with Crippen molar-refractivity contribution in [1.82, 2.24) is 9.62 Å². The highest BCUT2D eigenvalue weighted by molar-refractivity contribution is 7.88. The summed E-state index contributed by atoms with van der Waals surface area (Å²) in [5, 5.41) is 2.76. The molecule has 0 spiro atoms. The summed E-state index contributed by atoms with van der Waals surface area (Å²) < 4.78 is 24.0. The summed E-state index contributed by atoms with van der Waals surface area (Å²) >= 11 is 5.69. The van der Waals surface area contributed by atoms with E-state index in [0.29, 0.717) is 26.1 Å². The number of hydrogen-bond acceptors (Lipinski definition) is 3. The molecule has 0 bridgehead atoms. The second-order valence-corrected chi connectivity index (χ2v) is 7.13. The van der Waals surface area contributed by atoms with Crippen LogP contribution in [0.3, 0.4) is 0 Å². The Kier molecular flexibility index (Phi) is 7.17. The lowest BCUT2D eigenvalue weighted by Gasteiger charge is -2.21. The summed E-state index contributed by atoms with van der Waals surface area (Å²) in [6.07, 6.45) is 1.77. The second kappa shape index (κ2) is 7.31. The summed E-state index contributed by atoms with van der Waals surface area (Å²) in [6.45, 7) is 6.63. The third kappa shape index (κ3) is 6.02. The number of nitrogens with zero attached hydrogens (tertiary/aromatic N) is 1. The molecule has 7 heteroatoms. The van der Waals surface area contributed by atoms with Crippen molar-refractivity contribution in [3.63, 3.8) is 0 Å². The average molecular weight is 299 g/mol. The van der Waals surface area contributed by atoms with Crippen LogP contribution in [0.1, 0.15) is 27.2 Å². The molecular weight excluding hydrogens is 276 g/mol. The van der Waals surface area contributed by atoms with Crippen LogP contribution in [0.2, 0.25) is 0 Å². The van der Waals surface area contributed by atoms with Crippen molar-refractivity contribution in [3.8, 4) is 0 Å². The molecule has 5 nitrogen and oxygen atoms in total. The van der Waals surface area contributed by atoms with Gasteiger partial charge in [0.15, 0.2) is 0 Å². The first-order chi connectivity index (χ1) is 8.15. The lowest BCUT2D eigenvalue weighted by Crippen LogP contribution is -2.40. The standard InChI is InChI=1S/C11H23ClN2O3S/c1-5-14(18(4,16)17)8-6-7-13-10(15)11(2,3)9-12/h5-9H2,1-4H3,(H,13,15). The molecule has 0 aliphatic carbocycles. The molecule has 0 saturated heterocycles. The topological polar surface area (TPSA) is 66.5 Å². The van der Waals surface area contributed by atoms with Gasteiger partial charge in [0.2, 0.25) is 15.9 Å². The van der Waals surface area contributed by atoms with Crippen LogP contribution in [0.4, 0.5) is 0 Å². The quantitative estimate of drug-likeness (QED) is 0.538. The van der Waals surface area contributed by atoms with Crippen molar-refractivity contribution in [1.29, 1.82) is 0 Å². The summed E-state index contributed by atoms with van der Waals surface area (Å²) in [7, 11) is -3.15. The minimum atomic E-state index is -3.15. The van der Waals surface area contributed by atoms with Crippen LogP contribution >= 0.6 is 11.6 Å². The number of hydrogen-bond donors (Lipinski definition) is 1. The minimum absolute atomic E-state index is 0.111. The van der Waals surface area contributed by atoms with Crippen molar-refractivity contribution in [2.45, 2.75) is 27.2 Å². The van der Waals surface area contributed by atoms with Crippen molar-refractivity contribution >= 4 is 27.5 Å². The fourth-order valence-corrected chi connectivity index (χ4v) is 2.37. The van der Waals surface area contributed by atoms with Crippen LogP contribution in [0.25, 0.3) is 0 Å². The summed E-state index contributed by atoms with van der Waals surface area (Å²) in [6, 6.07) is 0. The van der Waals surface area contributed by atoms with Gasteiger partial charge in [-0.2, -0.15) is 0 Å². The van der Waals surface area contributed by atoms with E-state index >= 15 is 0 Å². The van der Waals surface area contributed by atoms with E-state index in [2.05, 4.69) is 5.32 Å². The predicted octanol–water partition coefficient (Wildman–Crippen LogP) is 1.04. The number of amides is 1. The molecule has 0 radical (unpaired) electrons. The maximum Gasteiger partial charge on any atom is 0.226 e. The highest BCUT2D eigenvalue weighted by atomic mass is 35.5. The molecule has 108 valence electrons. The SMILES string of the molecule is CCN(CCCNC(=O)C(C)(C)CCl)S(C)(=O)=O. The molecule has 0 saturated carbocycles. The number of rotatable bonds is 8. The zero-order valence-electron chi connectivity index (χ0n) is 11.5. The number of sulfonamides is 1. The van der Waals surface area contributed by atoms with E-state index in [9.17, 15) is 13.2 Å². The fourth-order valence-electron chi connectivity index (χ4n) is 1.32. The van der Waals surface area contributed by atoms with E-state index in [-0.39, 0.29) is 11.8 Å². The Morgan fingerprint density at radius 1 is 1.39 bits per heavy atom. The van der Waals surface area contributed by atoms with Gasteiger partial charge in [0.25, 0.3) is 0 Å². The number of nitrogens with one attached hydrogen (secondary N) is 1. The molecule has 0 aromatic heterocycles. The van der Waals surface area contributed by atoms with Gasteiger partial charge in [-0.3, -0.25) is 4.79 Å². The zero-order valence-corrected chi connectivity index (χ0v) is 13.1. The molecule has 0 fully saturated rings. The van der Waals surface area contributed by atoms with Gasteiger partial charge in [0.05, 0.1) is 11.7 Å².